The van der Waals surface area contributed by atoms with Crippen LogP contribution in [0.4, 0.5) is 0 Å². The molecule has 1 fully saturated rings. The second-order valence-electron chi connectivity index (χ2n) is 8.38. The Bertz CT molecular complexity index is 1010. The molecule has 1 aromatic carbocycles. The standard InChI is InChI=1S/C21H29N3O5S/c1-15-20(30(26,27)23-10-12-28-13-11-23)16(2)24(22-15)19(25)14-29-18-8-6-17(7-9-18)21(3,4)5/h6-9H,10-14H2,1-5H3. The fourth-order valence-corrected chi connectivity index (χ4v) is 5.18. The van der Waals surface area contributed by atoms with E-state index in [0.717, 1.165) is 10.2 Å². The predicted octanol–water partition coefficient (Wildman–Crippen LogP) is 2.54. The number of nitrogens with zero attached hydrogens (tertiary/aromatic N) is 3. The number of morpholine rings is 1. The minimum absolute atomic E-state index is 0.0282. The van der Waals surface area contributed by atoms with Crippen LogP contribution in [0.5, 0.6) is 5.75 Å². The fourth-order valence-electron chi connectivity index (χ4n) is 3.42. The largest absolute Gasteiger partial charge is 0.484 e. The number of hydrogen-bond donors (Lipinski definition) is 0. The van der Waals surface area contributed by atoms with Crippen LogP contribution in [0.3, 0.4) is 0 Å². The lowest BCUT2D eigenvalue weighted by Gasteiger charge is -2.26. The summed E-state index contributed by atoms with van der Waals surface area (Å²) in [4.78, 5) is 12.8. The summed E-state index contributed by atoms with van der Waals surface area (Å²) in [6.07, 6.45) is 0. The topological polar surface area (TPSA) is 90.7 Å². The highest BCUT2D eigenvalue weighted by molar-refractivity contribution is 7.89. The Morgan fingerprint density at radius 2 is 1.73 bits per heavy atom. The van der Waals surface area contributed by atoms with Gasteiger partial charge in [0, 0.05) is 13.1 Å². The second kappa shape index (κ2) is 8.49. The monoisotopic (exact) mass is 435 g/mol. The molecule has 9 heteroatoms. The van der Waals surface area contributed by atoms with Crippen LogP contribution in [0.1, 0.15) is 42.5 Å². The van der Waals surface area contributed by atoms with Crippen molar-refractivity contribution in [3.8, 4) is 5.75 Å². The van der Waals surface area contributed by atoms with E-state index in [2.05, 4.69) is 25.9 Å². The van der Waals surface area contributed by atoms with Crippen molar-refractivity contribution in [2.45, 2.75) is 44.9 Å². The summed E-state index contributed by atoms with van der Waals surface area (Å²) in [6, 6.07) is 7.58. The van der Waals surface area contributed by atoms with Crippen LogP contribution >= 0.6 is 0 Å². The summed E-state index contributed by atoms with van der Waals surface area (Å²) in [7, 11) is -3.74. The van der Waals surface area contributed by atoms with Crippen LogP contribution in [-0.2, 0) is 20.2 Å². The number of aromatic nitrogens is 2. The first kappa shape index (κ1) is 22.5. The zero-order chi connectivity index (χ0) is 22.1. The first-order chi connectivity index (χ1) is 14.0. The molecule has 0 unspecified atom stereocenters. The Balaban J connectivity index is 1.75. The second-order valence-corrected chi connectivity index (χ2v) is 10.3. The fraction of sp³-hybridized carbons (Fsp3) is 0.524. The number of carbonyl (C=O) groups excluding carboxylic acids is 1. The Labute approximate surface area is 177 Å². The van der Waals surface area contributed by atoms with Crippen LogP contribution < -0.4 is 4.74 Å². The normalized spacial score (nSPS) is 15.9. The van der Waals surface area contributed by atoms with E-state index in [1.54, 1.807) is 13.8 Å². The number of aryl methyl sites for hydroxylation is 1. The average Bonchev–Trinajstić information content (AvgIpc) is 3.01. The number of benzene rings is 1. The molecule has 3 rings (SSSR count). The number of hydrogen-bond acceptors (Lipinski definition) is 6. The molecule has 0 amide bonds. The molecule has 0 bridgehead atoms. The molecule has 0 spiro atoms. The van der Waals surface area contributed by atoms with E-state index in [1.165, 1.54) is 4.31 Å². The molecule has 1 aromatic heterocycles. The highest BCUT2D eigenvalue weighted by atomic mass is 32.2. The lowest BCUT2D eigenvalue weighted by Crippen LogP contribution is -2.41. The van der Waals surface area contributed by atoms with Crippen molar-refractivity contribution >= 4 is 15.9 Å². The SMILES string of the molecule is Cc1nn(C(=O)COc2ccc(C(C)(C)C)cc2)c(C)c1S(=O)(=O)N1CCOCC1. The molecule has 0 atom stereocenters. The van der Waals surface area contributed by atoms with Crippen LogP contribution in [0.25, 0.3) is 0 Å². The Kier molecular flexibility index (Phi) is 6.35. The Morgan fingerprint density at radius 3 is 2.30 bits per heavy atom. The maximum atomic E-state index is 13.0. The molecule has 1 aliphatic rings. The van der Waals surface area contributed by atoms with E-state index >= 15 is 0 Å². The van der Waals surface area contributed by atoms with Gasteiger partial charge in [0.2, 0.25) is 10.0 Å². The van der Waals surface area contributed by atoms with Crippen molar-refractivity contribution in [3.63, 3.8) is 0 Å². The van der Waals surface area contributed by atoms with Gasteiger partial charge in [-0.25, -0.2) is 13.1 Å². The molecule has 1 saturated heterocycles. The van der Waals surface area contributed by atoms with E-state index in [1.807, 2.05) is 24.3 Å². The molecule has 0 N–H and O–H groups in total. The summed E-state index contributed by atoms with van der Waals surface area (Å²) in [5.41, 5.74) is 1.77. The maximum Gasteiger partial charge on any atom is 0.285 e. The smallest absolute Gasteiger partial charge is 0.285 e. The lowest BCUT2D eigenvalue weighted by atomic mass is 9.87. The number of carbonyl (C=O) groups is 1. The van der Waals surface area contributed by atoms with Crippen molar-refractivity contribution in [2.75, 3.05) is 32.9 Å². The first-order valence-corrected chi connectivity index (χ1v) is 11.4. The molecule has 0 saturated carbocycles. The third-order valence-corrected chi connectivity index (χ3v) is 7.26. The zero-order valence-corrected chi connectivity index (χ0v) is 19.0. The minimum Gasteiger partial charge on any atom is -0.484 e. The van der Waals surface area contributed by atoms with E-state index in [4.69, 9.17) is 9.47 Å². The zero-order valence-electron chi connectivity index (χ0n) is 18.1. The third-order valence-electron chi connectivity index (χ3n) is 5.11. The van der Waals surface area contributed by atoms with E-state index in [0.29, 0.717) is 24.7 Å². The van der Waals surface area contributed by atoms with Crippen LogP contribution in [-0.4, -0.2) is 61.3 Å². The van der Waals surface area contributed by atoms with Gasteiger partial charge in [-0.15, -0.1) is 0 Å². The molecule has 2 heterocycles. The Morgan fingerprint density at radius 1 is 1.13 bits per heavy atom. The van der Waals surface area contributed by atoms with Crippen molar-refractivity contribution in [2.24, 2.45) is 0 Å². The summed E-state index contributed by atoms with van der Waals surface area (Å²) < 4.78 is 39.4. The molecular formula is C21H29N3O5S. The molecule has 30 heavy (non-hydrogen) atoms. The van der Waals surface area contributed by atoms with Crippen LogP contribution in [0, 0.1) is 13.8 Å². The molecule has 164 valence electrons. The molecule has 2 aromatic rings. The number of sulfonamides is 1. The van der Waals surface area contributed by atoms with Gasteiger partial charge in [0.25, 0.3) is 5.91 Å². The van der Waals surface area contributed by atoms with Gasteiger partial charge in [-0.1, -0.05) is 32.9 Å². The molecule has 0 radical (unpaired) electrons. The van der Waals surface area contributed by atoms with Crippen molar-refractivity contribution < 1.29 is 22.7 Å². The van der Waals surface area contributed by atoms with Crippen LogP contribution in [0.2, 0.25) is 0 Å². The van der Waals surface area contributed by atoms with E-state index in [9.17, 15) is 13.2 Å². The highest BCUT2D eigenvalue weighted by Gasteiger charge is 2.33. The van der Waals surface area contributed by atoms with Gasteiger partial charge in [-0.05, 0) is 37.0 Å². The van der Waals surface area contributed by atoms with E-state index < -0.39 is 15.9 Å². The lowest BCUT2D eigenvalue weighted by molar-refractivity contribution is 0.0729. The first-order valence-electron chi connectivity index (χ1n) is 9.92. The van der Waals surface area contributed by atoms with Crippen LogP contribution in [0.15, 0.2) is 29.2 Å². The highest BCUT2D eigenvalue weighted by Crippen LogP contribution is 2.25. The minimum atomic E-state index is -3.74. The average molecular weight is 436 g/mol. The van der Waals surface area contributed by atoms with Gasteiger partial charge < -0.3 is 9.47 Å². The van der Waals surface area contributed by atoms with Gasteiger partial charge in [-0.2, -0.15) is 9.40 Å². The van der Waals surface area contributed by atoms with Gasteiger partial charge in [-0.3, -0.25) is 4.79 Å². The summed E-state index contributed by atoms with van der Waals surface area (Å²) in [6.45, 7) is 10.6. The van der Waals surface area contributed by atoms with Gasteiger partial charge >= 0.3 is 0 Å². The molecule has 1 aliphatic heterocycles. The summed E-state index contributed by atoms with van der Waals surface area (Å²) in [5, 5.41) is 4.18. The summed E-state index contributed by atoms with van der Waals surface area (Å²) >= 11 is 0. The van der Waals surface area contributed by atoms with Gasteiger partial charge in [0.1, 0.15) is 10.6 Å². The van der Waals surface area contributed by atoms with Crippen molar-refractivity contribution in [3.05, 3.63) is 41.2 Å². The Hall–Kier alpha value is -2.23. The molecular weight excluding hydrogens is 406 g/mol. The van der Waals surface area contributed by atoms with Gasteiger partial charge in [0.15, 0.2) is 6.61 Å². The summed E-state index contributed by atoms with van der Waals surface area (Å²) in [5.74, 6) is 0.137. The van der Waals surface area contributed by atoms with Gasteiger partial charge in [0.05, 0.1) is 24.6 Å². The number of rotatable bonds is 5. The molecule has 8 nitrogen and oxygen atoms in total. The van der Waals surface area contributed by atoms with Crippen molar-refractivity contribution in [1.29, 1.82) is 0 Å². The van der Waals surface area contributed by atoms with Crippen molar-refractivity contribution in [1.82, 2.24) is 14.1 Å². The van der Waals surface area contributed by atoms with E-state index in [-0.39, 0.29) is 35.7 Å². The quantitative estimate of drug-likeness (QED) is 0.717. The molecule has 0 aliphatic carbocycles. The third kappa shape index (κ3) is 4.58. The predicted molar refractivity (Wildman–Crippen MR) is 113 cm³/mol. The number of ether oxygens (including phenoxy) is 2. The maximum absolute atomic E-state index is 13.0.